The van der Waals surface area contributed by atoms with Gasteiger partial charge in [0.25, 0.3) is 0 Å². The molecule has 0 saturated carbocycles. The summed E-state index contributed by atoms with van der Waals surface area (Å²) in [6.45, 7) is 0.842. The number of alkyl halides is 2. The van der Waals surface area contributed by atoms with Crippen LogP contribution in [0.5, 0.6) is 5.88 Å². The monoisotopic (exact) mass is 283 g/mol. The van der Waals surface area contributed by atoms with Crippen LogP contribution in [0.25, 0.3) is 11.1 Å². The van der Waals surface area contributed by atoms with Crippen molar-refractivity contribution >= 4 is 0 Å². The van der Waals surface area contributed by atoms with Gasteiger partial charge >= 0.3 is 6.61 Å². The summed E-state index contributed by atoms with van der Waals surface area (Å²) >= 11 is 0. The summed E-state index contributed by atoms with van der Waals surface area (Å²) in [7, 11) is 0. The molecule has 1 N–H and O–H groups in total. The zero-order chi connectivity index (χ0) is 14.8. The quantitative estimate of drug-likeness (QED) is 0.914. The van der Waals surface area contributed by atoms with E-state index in [1.54, 1.807) is 37.0 Å². The van der Waals surface area contributed by atoms with Crippen molar-refractivity contribution in [1.82, 2.24) is 14.8 Å². The first-order valence-electron chi connectivity index (χ1n) is 5.99. The van der Waals surface area contributed by atoms with Crippen molar-refractivity contribution in [3.8, 4) is 17.0 Å². The fraction of sp³-hybridized carbons (Fsp3) is 0.385. The minimum atomic E-state index is -2.89. The Bertz CT molecular complexity index is 562. The second-order valence-electron chi connectivity index (χ2n) is 5.00. The van der Waals surface area contributed by atoms with Crippen LogP contribution in [0.3, 0.4) is 0 Å². The highest BCUT2D eigenvalue weighted by Gasteiger charge is 2.14. The Morgan fingerprint density at radius 2 is 2.05 bits per heavy atom. The molecule has 108 valence electrons. The molecule has 0 saturated heterocycles. The SMILES string of the molecule is CC(C)(O)Cn1cc(-c2ccc(OC(F)F)nc2)cn1. The summed E-state index contributed by atoms with van der Waals surface area (Å²) in [6.07, 6.45) is 4.81. The molecule has 0 atom stereocenters. The summed E-state index contributed by atoms with van der Waals surface area (Å²) in [5.41, 5.74) is 0.648. The Hall–Kier alpha value is -2.02. The molecular weight excluding hydrogens is 268 g/mol. The number of halogens is 2. The molecule has 0 radical (unpaired) electrons. The molecule has 0 amide bonds. The van der Waals surface area contributed by atoms with Crippen LogP contribution in [-0.4, -0.2) is 32.1 Å². The molecule has 2 aromatic heterocycles. The lowest BCUT2D eigenvalue weighted by molar-refractivity contribution is -0.0528. The summed E-state index contributed by atoms with van der Waals surface area (Å²) in [5, 5.41) is 13.8. The molecule has 0 aliphatic heterocycles. The van der Waals surface area contributed by atoms with E-state index in [2.05, 4.69) is 14.8 Å². The third-order valence-corrected chi connectivity index (χ3v) is 2.46. The van der Waals surface area contributed by atoms with Gasteiger partial charge in [-0.3, -0.25) is 4.68 Å². The first-order valence-corrected chi connectivity index (χ1v) is 5.99. The number of pyridine rings is 1. The van der Waals surface area contributed by atoms with Crippen LogP contribution >= 0.6 is 0 Å². The van der Waals surface area contributed by atoms with E-state index in [0.717, 1.165) is 11.1 Å². The first kappa shape index (κ1) is 14.4. The lowest BCUT2D eigenvalue weighted by Gasteiger charge is -2.16. The number of ether oxygens (including phenoxy) is 1. The standard InChI is InChI=1S/C13H15F2N3O2/c1-13(2,19)8-18-7-10(6-17-18)9-3-4-11(16-5-9)20-12(14)15/h3-7,12,19H,8H2,1-2H3. The van der Waals surface area contributed by atoms with E-state index in [4.69, 9.17) is 0 Å². The molecule has 0 unspecified atom stereocenters. The zero-order valence-corrected chi connectivity index (χ0v) is 11.1. The van der Waals surface area contributed by atoms with Gasteiger partial charge in [-0.05, 0) is 19.9 Å². The summed E-state index contributed by atoms with van der Waals surface area (Å²) in [4.78, 5) is 3.79. The second kappa shape index (κ2) is 5.54. The highest BCUT2D eigenvalue weighted by atomic mass is 19.3. The maximum atomic E-state index is 12.0. The Morgan fingerprint density at radius 3 is 2.60 bits per heavy atom. The van der Waals surface area contributed by atoms with Crippen molar-refractivity contribution in [3.05, 3.63) is 30.7 Å². The smallest absolute Gasteiger partial charge is 0.388 e. The van der Waals surface area contributed by atoms with Crippen LogP contribution in [0.4, 0.5) is 8.78 Å². The lowest BCUT2D eigenvalue weighted by atomic mass is 10.1. The summed E-state index contributed by atoms with van der Waals surface area (Å²) in [6, 6.07) is 2.99. The van der Waals surface area contributed by atoms with Crippen molar-refractivity contribution < 1.29 is 18.6 Å². The van der Waals surface area contributed by atoms with Crippen LogP contribution in [0, 0.1) is 0 Å². The number of aliphatic hydroxyl groups is 1. The minimum absolute atomic E-state index is 0.132. The van der Waals surface area contributed by atoms with Crippen LogP contribution in [0.2, 0.25) is 0 Å². The average Bonchev–Trinajstić information content (AvgIpc) is 2.75. The Morgan fingerprint density at radius 1 is 1.30 bits per heavy atom. The number of rotatable bonds is 5. The zero-order valence-electron chi connectivity index (χ0n) is 11.1. The largest absolute Gasteiger partial charge is 0.417 e. The van der Waals surface area contributed by atoms with E-state index in [0.29, 0.717) is 6.54 Å². The van der Waals surface area contributed by atoms with Gasteiger partial charge in [0, 0.05) is 29.6 Å². The number of aromatic nitrogens is 3. The van der Waals surface area contributed by atoms with Gasteiger partial charge in [0.2, 0.25) is 5.88 Å². The van der Waals surface area contributed by atoms with Crippen LogP contribution < -0.4 is 4.74 Å². The molecule has 0 fully saturated rings. The molecule has 0 bridgehead atoms. The lowest BCUT2D eigenvalue weighted by Crippen LogP contribution is -2.26. The third kappa shape index (κ3) is 3.99. The molecule has 2 rings (SSSR count). The number of hydrogen-bond donors (Lipinski definition) is 1. The van der Waals surface area contributed by atoms with E-state index in [-0.39, 0.29) is 5.88 Å². The predicted octanol–water partition coefficient (Wildman–Crippen LogP) is 2.32. The molecule has 0 aliphatic carbocycles. The van der Waals surface area contributed by atoms with Gasteiger partial charge in [0.15, 0.2) is 0 Å². The van der Waals surface area contributed by atoms with E-state index < -0.39 is 12.2 Å². The molecule has 7 heteroatoms. The van der Waals surface area contributed by atoms with Crippen LogP contribution in [0.1, 0.15) is 13.8 Å². The van der Waals surface area contributed by atoms with Crippen molar-refractivity contribution in [2.75, 3.05) is 0 Å². The second-order valence-corrected chi connectivity index (χ2v) is 5.00. The first-order chi connectivity index (χ1) is 9.33. The maximum absolute atomic E-state index is 12.0. The summed E-state index contributed by atoms with van der Waals surface area (Å²) < 4.78 is 29.8. The fourth-order valence-electron chi connectivity index (χ4n) is 1.71. The van der Waals surface area contributed by atoms with E-state index >= 15 is 0 Å². The molecule has 0 aliphatic rings. The third-order valence-electron chi connectivity index (χ3n) is 2.46. The minimum Gasteiger partial charge on any atom is -0.417 e. The van der Waals surface area contributed by atoms with Crippen LogP contribution in [0.15, 0.2) is 30.7 Å². The molecule has 0 spiro atoms. The number of nitrogens with zero attached hydrogens (tertiary/aromatic N) is 3. The van der Waals surface area contributed by atoms with Gasteiger partial charge in [-0.25, -0.2) is 4.98 Å². The van der Waals surface area contributed by atoms with Gasteiger partial charge in [0.05, 0.1) is 18.3 Å². The topological polar surface area (TPSA) is 60.2 Å². The van der Waals surface area contributed by atoms with Crippen molar-refractivity contribution in [2.45, 2.75) is 32.6 Å². The van der Waals surface area contributed by atoms with Crippen molar-refractivity contribution in [3.63, 3.8) is 0 Å². The molecule has 20 heavy (non-hydrogen) atoms. The van der Waals surface area contributed by atoms with Gasteiger partial charge in [0.1, 0.15) is 0 Å². The van der Waals surface area contributed by atoms with E-state index in [1.165, 1.54) is 12.3 Å². The van der Waals surface area contributed by atoms with Crippen molar-refractivity contribution in [2.24, 2.45) is 0 Å². The van der Waals surface area contributed by atoms with Crippen molar-refractivity contribution in [1.29, 1.82) is 0 Å². The maximum Gasteiger partial charge on any atom is 0.388 e. The molecule has 2 heterocycles. The Balaban J connectivity index is 2.12. The van der Waals surface area contributed by atoms with Gasteiger partial charge < -0.3 is 9.84 Å². The van der Waals surface area contributed by atoms with Gasteiger partial charge in [-0.1, -0.05) is 0 Å². The van der Waals surface area contributed by atoms with E-state index in [9.17, 15) is 13.9 Å². The molecular formula is C13H15F2N3O2. The van der Waals surface area contributed by atoms with Gasteiger partial charge in [-0.15, -0.1) is 0 Å². The highest BCUT2D eigenvalue weighted by molar-refractivity contribution is 5.60. The Kier molecular flexibility index (Phi) is 3.99. The average molecular weight is 283 g/mol. The Labute approximate surface area is 114 Å². The normalized spacial score (nSPS) is 11.9. The molecule has 5 nitrogen and oxygen atoms in total. The fourth-order valence-corrected chi connectivity index (χ4v) is 1.71. The van der Waals surface area contributed by atoms with Crippen LogP contribution in [-0.2, 0) is 6.54 Å². The highest BCUT2D eigenvalue weighted by Crippen LogP contribution is 2.21. The number of hydrogen-bond acceptors (Lipinski definition) is 4. The summed E-state index contributed by atoms with van der Waals surface area (Å²) in [5.74, 6) is -0.132. The van der Waals surface area contributed by atoms with E-state index in [1.807, 2.05) is 0 Å². The molecule has 0 aromatic carbocycles. The van der Waals surface area contributed by atoms with Gasteiger partial charge in [-0.2, -0.15) is 13.9 Å². The predicted molar refractivity (Wildman–Crippen MR) is 68.4 cm³/mol. The molecule has 2 aromatic rings.